The fourth-order valence-corrected chi connectivity index (χ4v) is 4.09. The third kappa shape index (κ3) is 2.72. The quantitative estimate of drug-likeness (QED) is 0.838. The van der Waals surface area contributed by atoms with E-state index in [1.54, 1.807) is 6.07 Å². The van der Waals surface area contributed by atoms with E-state index in [-0.39, 0.29) is 10.2 Å². The van der Waals surface area contributed by atoms with Gasteiger partial charge in [0.25, 0.3) is 10.0 Å². The minimum atomic E-state index is -3.52. The Kier molecular flexibility index (Phi) is 3.60. The molecule has 0 amide bonds. The van der Waals surface area contributed by atoms with Gasteiger partial charge in [0.2, 0.25) is 5.96 Å². The van der Waals surface area contributed by atoms with Crippen LogP contribution in [-0.2, 0) is 10.0 Å². The Morgan fingerprint density at radius 1 is 1.59 bits per heavy atom. The van der Waals surface area contributed by atoms with Crippen molar-refractivity contribution in [2.45, 2.75) is 24.0 Å². The minimum absolute atomic E-state index is 0.170. The Morgan fingerprint density at radius 2 is 2.35 bits per heavy atom. The van der Waals surface area contributed by atoms with Crippen LogP contribution in [0.5, 0.6) is 0 Å². The van der Waals surface area contributed by atoms with E-state index in [4.69, 9.17) is 11.6 Å². The Balaban J connectivity index is 2.26. The Hall–Kier alpha value is -0.790. The van der Waals surface area contributed by atoms with E-state index >= 15 is 0 Å². The van der Waals surface area contributed by atoms with Crippen molar-refractivity contribution >= 4 is 44.6 Å². The summed E-state index contributed by atoms with van der Waals surface area (Å²) in [5, 5.41) is 2.95. The van der Waals surface area contributed by atoms with Crippen molar-refractivity contribution in [2.24, 2.45) is 4.99 Å². The van der Waals surface area contributed by atoms with Crippen molar-refractivity contribution in [1.29, 1.82) is 0 Å². The number of aliphatic imine (C=N–C) groups is 1. The van der Waals surface area contributed by atoms with Crippen LogP contribution in [0.4, 0.5) is 5.69 Å². The van der Waals surface area contributed by atoms with Gasteiger partial charge in [-0.2, -0.15) is 0 Å². The number of hydrogen-bond donors (Lipinski definition) is 2. The van der Waals surface area contributed by atoms with Crippen LogP contribution in [0.1, 0.15) is 19.8 Å². The molecule has 5 nitrogen and oxygen atoms in total. The fourth-order valence-electron chi connectivity index (χ4n) is 1.38. The van der Waals surface area contributed by atoms with E-state index < -0.39 is 10.0 Å². The molecule has 0 fully saturated rings. The number of sulfonamides is 1. The number of guanidine groups is 1. The molecule has 0 atom stereocenters. The predicted octanol–water partition coefficient (Wildman–Crippen LogP) is 2.07. The zero-order valence-corrected chi connectivity index (χ0v) is 11.5. The van der Waals surface area contributed by atoms with Crippen LogP contribution in [0.25, 0.3) is 0 Å². The standard InChI is InChI=1S/C9H12ClN3O2S2/c1-2-3-4-11-9-12-6-5-7(10)16-8(6)17(14,15)13-9/h5H,2-4H2,1H3,(H2,11,12,13). The fraction of sp³-hybridized carbons (Fsp3) is 0.444. The molecule has 94 valence electrons. The number of nitrogens with one attached hydrogen (secondary N) is 2. The molecule has 0 aliphatic carbocycles. The van der Waals surface area contributed by atoms with Crippen LogP contribution in [0.2, 0.25) is 4.34 Å². The molecule has 0 radical (unpaired) electrons. The first-order valence-electron chi connectivity index (χ1n) is 5.17. The molecule has 2 heterocycles. The number of halogens is 1. The zero-order valence-electron chi connectivity index (χ0n) is 9.16. The van der Waals surface area contributed by atoms with Crippen LogP contribution in [-0.4, -0.2) is 20.9 Å². The molecule has 0 bridgehead atoms. The molecule has 2 rings (SSSR count). The molecular weight excluding hydrogens is 282 g/mol. The number of rotatable bonds is 3. The molecule has 0 unspecified atom stereocenters. The predicted molar refractivity (Wildman–Crippen MR) is 69.7 cm³/mol. The Morgan fingerprint density at radius 3 is 3.06 bits per heavy atom. The summed E-state index contributed by atoms with van der Waals surface area (Å²) in [4.78, 5) is 4.17. The number of hydrogen-bond acceptors (Lipinski definition) is 5. The Labute approximate surface area is 109 Å². The van der Waals surface area contributed by atoms with Crippen LogP contribution >= 0.6 is 22.9 Å². The van der Waals surface area contributed by atoms with Crippen molar-refractivity contribution in [3.8, 4) is 0 Å². The lowest BCUT2D eigenvalue weighted by Crippen LogP contribution is -2.42. The SMILES string of the molecule is CCCCNC1=Nc2cc(Cl)sc2S(=O)(=O)N1. The second-order valence-electron chi connectivity index (χ2n) is 3.57. The lowest BCUT2D eigenvalue weighted by atomic mass is 10.3. The number of fused-ring (bicyclic) bond motifs is 1. The maximum Gasteiger partial charge on any atom is 0.275 e. The first-order valence-corrected chi connectivity index (χ1v) is 7.85. The first kappa shape index (κ1) is 12.7. The van der Waals surface area contributed by atoms with Gasteiger partial charge in [-0.3, -0.25) is 0 Å². The first-order chi connectivity index (χ1) is 8.03. The van der Waals surface area contributed by atoms with Crippen molar-refractivity contribution in [3.63, 3.8) is 0 Å². The summed E-state index contributed by atoms with van der Waals surface area (Å²) >= 11 is 6.80. The molecule has 0 spiro atoms. The molecule has 8 heteroatoms. The Bertz CT molecular complexity index is 551. The van der Waals surface area contributed by atoms with Gasteiger partial charge in [-0.1, -0.05) is 24.9 Å². The van der Waals surface area contributed by atoms with Crippen LogP contribution < -0.4 is 10.0 Å². The second kappa shape index (κ2) is 4.83. The highest BCUT2D eigenvalue weighted by molar-refractivity contribution is 7.92. The van der Waals surface area contributed by atoms with Crippen molar-refractivity contribution < 1.29 is 8.42 Å². The monoisotopic (exact) mass is 293 g/mol. The van der Waals surface area contributed by atoms with Crippen LogP contribution in [0.3, 0.4) is 0 Å². The van der Waals surface area contributed by atoms with E-state index in [1.807, 2.05) is 0 Å². The van der Waals surface area contributed by atoms with Gasteiger partial charge in [-0.15, -0.1) is 11.3 Å². The van der Waals surface area contributed by atoms with E-state index in [1.165, 1.54) is 0 Å². The summed E-state index contributed by atoms with van der Waals surface area (Å²) in [6.45, 7) is 2.75. The van der Waals surface area contributed by atoms with Gasteiger partial charge in [0.1, 0.15) is 5.69 Å². The van der Waals surface area contributed by atoms with Gasteiger partial charge in [0, 0.05) is 6.54 Å². The van der Waals surface area contributed by atoms with Crippen molar-refractivity contribution in [3.05, 3.63) is 10.4 Å². The van der Waals surface area contributed by atoms with E-state index in [0.717, 1.165) is 24.2 Å². The van der Waals surface area contributed by atoms with Crippen molar-refractivity contribution in [1.82, 2.24) is 10.0 Å². The summed E-state index contributed by atoms with van der Waals surface area (Å²) in [6.07, 6.45) is 1.99. The molecule has 17 heavy (non-hydrogen) atoms. The topological polar surface area (TPSA) is 70.6 Å². The van der Waals surface area contributed by atoms with Crippen molar-refractivity contribution in [2.75, 3.05) is 6.54 Å². The average molecular weight is 294 g/mol. The third-order valence-corrected chi connectivity index (χ3v) is 5.30. The van der Waals surface area contributed by atoms with Gasteiger partial charge in [0.15, 0.2) is 4.21 Å². The minimum Gasteiger partial charge on any atom is -0.355 e. The zero-order chi connectivity index (χ0) is 12.5. The third-order valence-electron chi connectivity index (χ3n) is 2.18. The van der Waals surface area contributed by atoms with Gasteiger partial charge in [-0.05, 0) is 12.5 Å². The molecular formula is C9H12ClN3O2S2. The highest BCUT2D eigenvalue weighted by Gasteiger charge is 2.27. The summed E-state index contributed by atoms with van der Waals surface area (Å²) < 4.78 is 26.7. The smallest absolute Gasteiger partial charge is 0.275 e. The number of thiophene rings is 1. The van der Waals surface area contributed by atoms with Gasteiger partial charge in [0.05, 0.1) is 4.34 Å². The van der Waals surface area contributed by atoms with Crippen LogP contribution in [0.15, 0.2) is 15.3 Å². The maximum atomic E-state index is 11.8. The van der Waals surface area contributed by atoms with Gasteiger partial charge >= 0.3 is 0 Å². The molecule has 1 aromatic rings. The lowest BCUT2D eigenvalue weighted by molar-refractivity contribution is 0.592. The molecule has 0 saturated heterocycles. The van der Waals surface area contributed by atoms with E-state index in [9.17, 15) is 8.42 Å². The summed E-state index contributed by atoms with van der Waals surface area (Å²) in [5.74, 6) is 0.264. The van der Waals surface area contributed by atoms with Gasteiger partial charge < -0.3 is 5.32 Å². The molecule has 0 aromatic carbocycles. The summed E-state index contributed by atoms with van der Waals surface area (Å²) in [5.41, 5.74) is 0.401. The van der Waals surface area contributed by atoms with Gasteiger partial charge in [-0.25, -0.2) is 18.1 Å². The van der Waals surface area contributed by atoms with Crippen LogP contribution in [0, 0.1) is 0 Å². The normalized spacial score (nSPS) is 16.9. The molecule has 1 aliphatic heterocycles. The molecule has 0 saturated carbocycles. The maximum absolute atomic E-state index is 11.8. The summed E-state index contributed by atoms with van der Waals surface area (Å²) in [7, 11) is -3.52. The molecule has 2 N–H and O–H groups in total. The summed E-state index contributed by atoms with van der Waals surface area (Å²) in [6, 6.07) is 1.56. The molecule has 1 aromatic heterocycles. The second-order valence-corrected chi connectivity index (χ2v) is 7.13. The largest absolute Gasteiger partial charge is 0.355 e. The average Bonchev–Trinajstić information content (AvgIpc) is 2.59. The highest BCUT2D eigenvalue weighted by atomic mass is 35.5. The highest BCUT2D eigenvalue weighted by Crippen LogP contribution is 2.38. The lowest BCUT2D eigenvalue weighted by Gasteiger charge is -2.15. The number of nitrogens with zero attached hydrogens (tertiary/aromatic N) is 1. The van der Waals surface area contributed by atoms with E-state index in [0.29, 0.717) is 16.6 Å². The van der Waals surface area contributed by atoms with E-state index in [2.05, 4.69) is 22.0 Å². The number of unbranched alkanes of at least 4 members (excludes halogenated alkanes) is 1. The molecule has 1 aliphatic rings.